The Morgan fingerprint density at radius 1 is 1.14 bits per heavy atom. The van der Waals surface area contributed by atoms with Gasteiger partial charge in [0.15, 0.2) is 0 Å². The van der Waals surface area contributed by atoms with Crippen LogP contribution in [0.15, 0.2) is 42.5 Å². The van der Waals surface area contributed by atoms with E-state index in [1.807, 2.05) is 43.3 Å². The standard InChI is InChI=1S/C19H22ClNO/c1-14-11-16(19(21)9-5-6-10-19)12-17(20)18(14)22-13-15-7-3-2-4-8-15/h2-4,7-8,11-12H,5-6,9-10,13,21H2,1H3. The number of nitrogens with two attached hydrogens (primary N) is 1. The van der Waals surface area contributed by atoms with Crippen LogP contribution in [0.4, 0.5) is 0 Å². The fourth-order valence-corrected chi connectivity index (χ4v) is 3.55. The maximum Gasteiger partial charge on any atom is 0.141 e. The smallest absolute Gasteiger partial charge is 0.141 e. The molecule has 1 aliphatic carbocycles. The third kappa shape index (κ3) is 3.13. The van der Waals surface area contributed by atoms with E-state index in [9.17, 15) is 0 Å². The predicted octanol–water partition coefficient (Wildman–Crippen LogP) is 4.96. The molecule has 2 nitrogen and oxygen atoms in total. The van der Waals surface area contributed by atoms with Crippen molar-refractivity contribution in [2.75, 3.05) is 0 Å². The van der Waals surface area contributed by atoms with Crippen LogP contribution in [-0.2, 0) is 12.1 Å². The van der Waals surface area contributed by atoms with Crippen molar-refractivity contribution >= 4 is 11.6 Å². The normalized spacial score (nSPS) is 16.7. The van der Waals surface area contributed by atoms with Crippen LogP contribution in [0.1, 0.15) is 42.4 Å². The molecular formula is C19H22ClNO. The SMILES string of the molecule is Cc1cc(C2(N)CCCC2)cc(Cl)c1OCc1ccccc1. The third-order valence-corrected chi connectivity index (χ3v) is 4.81. The highest BCUT2D eigenvalue weighted by molar-refractivity contribution is 6.32. The lowest BCUT2D eigenvalue weighted by molar-refractivity contribution is 0.304. The summed E-state index contributed by atoms with van der Waals surface area (Å²) in [5.41, 5.74) is 9.64. The van der Waals surface area contributed by atoms with Gasteiger partial charge in [-0.25, -0.2) is 0 Å². The van der Waals surface area contributed by atoms with Crippen LogP contribution >= 0.6 is 11.6 Å². The highest BCUT2D eigenvalue weighted by atomic mass is 35.5. The molecule has 1 fully saturated rings. The Morgan fingerprint density at radius 3 is 2.45 bits per heavy atom. The number of aryl methyl sites for hydroxylation is 1. The van der Waals surface area contributed by atoms with Gasteiger partial charge in [-0.3, -0.25) is 0 Å². The average Bonchev–Trinajstić information content (AvgIpc) is 2.95. The molecule has 22 heavy (non-hydrogen) atoms. The van der Waals surface area contributed by atoms with Crippen LogP contribution < -0.4 is 10.5 Å². The molecule has 0 amide bonds. The van der Waals surface area contributed by atoms with Crippen molar-refractivity contribution in [2.24, 2.45) is 5.73 Å². The van der Waals surface area contributed by atoms with Crippen molar-refractivity contribution in [1.82, 2.24) is 0 Å². The Kier molecular flexibility index (Phi) is 4.42. The first kappa shape index (κ1) is 15.4. The monoisotopic (exact) mass is 315 g/mol. The minimum absolute atomic E-state index is 0.216. The maximum absolute atomic E-state index is 6.53. The van der Waals surface area contributed by atoms with Gasteiger partial charge in [0.1, 0.15) is 12.4 Å². The molecule has 0 spiro atoms. The lowest BCUT2D eigenvalue weighted by Crippen LogP contribution is -2.33. The summed E-state index contributed by atoms with van der Waals surface area (Å²) in [4.78, 5) is 0. The summed E-state index contributed by atoms with van der Waals surface area (Å²) in [6.07, 6.45) is 4.46. The number of hydrogen-bond acceptors (Lipinski definition) is 2. The number of hydrogen-bond donors (Lipinski definition) is 1. The van der Waals surface area contributed by atoms with E-state index in [2.05, 4.69) is 6.07 Å². The summed E-state index contributed by atoms with van der Waals surface area (Å²) in [6.45, 7) is 2.56. The highest BCUT2D eigenvalue weighted by Gasteiger charge is 2.32. The molecule has 0 saturated heterocycles. The van der Waals surface area contributed by atoms with Gasteiger partial charge in [-0.05, 0) is 42.5 Å². The zero-order valence-electron chi connectivity index (χ0n) is 12.9. The van der Waals surface area contributed by atoms with Gasteiger partial charge in [-0.15, -0.1) is 0 Å². The molecule has 0 unspecified atom stereocenters. The van der Waals surface area contributed by atoms with E-state index in [0.717, 1.165) is 35.3 Å². The molecule has 3 rings (SSSR count). The summed E-state index contributed by atoms with van der Waals surface area (Å²) >= 11 is 6.46. The van der Waals surface area contributed by atoms with Gasteiger partial charge in [-0.2, -0.15) is 0 Å². The number of rotatable bonds is 4. The average molecular weight is 316 g/mol. The quantitative estimate of drug-likeness (QED) is 0.866. The molecule has 2 aromatic rings. The van der Waals surface area contributed by atoms with E-state index in [1.54, 1.807) is 0 Å². The zero-order valence-corrected chi connectivity index (χ0v) is 13.7. The van der Waals surface area contributed by atoms with Crippen LogP contribution in [0.2, 0.25) is 5.02 Å². The van der Waals surface area contributed by atoms with Gasteiger partial charge < -0.3 is 10.5 Å². The summed E-state index contributed by atoms with van der Waals surface area (Å²) in [5, 5.41) is 0.655. The van der Waals surface area contributed by atoms with Gasteiger partial charge in [0, 0.05) is 5.54 Å². The second-order valence-electron chi connectivity index (χ2n) is 6.24. The van der Waals surface area contributed by atoms with E-state index < -0.39 is 0 Å². The Bertz CT molecular complexity index is 625. The number of benzene rings is 2. The van der Waals surface area contributed by atoms with Crippen molar-refractivity contribution in [3.63, 3.8) is 0 Å². The first-order chi connectivity index (χ1) is 10.6. The maximum atomic E-state index is 6.53. The summed E-state index contributed by atoms with van der Waals surface area (Å²) in [5.74, 6) is 0.760. The van der Waals surface area contributed by atoms with E-state index in [1.165, 1.54) is 12.8 Å². The summed E-state index contributed by atoms with van der Waals surface area (Å²) in [7, 11) is 0. The van der Waals surface area contributed by atoms with Gasteiger partial charge in [0.25, 0.3) is 0 Å². The number of halogens is 1. The first-order valence-electron chi connectivity index (χ1n) is 7.85. The van der Waals surface area contributed by atoms with Gasteiger partial charge in [0.2, 0.25) is 0 Å². The topological polar surface area (TPSA) is 35.2 Å². The molecule has 116 valence electrons. The minimum Gasteiger partial charge on any atom is -0.487 e. The first-order valence-corrected chi connectivity index (χ1v) is 8.22. The predicted molar refractivity (Wildman–Crippen MR) is 91.3 cm³/mol. The van der Waals surface area contributed by atoms with Crippen molar-refractivity contribution in [2.45, 2.75) is 44.8 Å². The highest BCUT2D eigenvalue weighted by Crippen LogP contribution is 2.40. The van der Waals surface area contributed by atoms with Crippen LogP contribution in [0.3, 0.4) is 0 Å². The third-order valence-electron chi connectivity index (χ3n) is 4.53. The number of ether oxygens (including phenoxy) is 1. The largest absolute Gasteiger partial charge is 0.487 e. The Hall–Kier alpha value is -1.51. The molecular weight excluding hydrogens is 294 g/mol. The molecule has 1 saturated carbocycles. The van der Waals surface area contributed by atoms with Crippen LogP contribution in [0, 0.1) is 6.92 Å². The molecule has 2 aromatic carbocycles. The second kappa shape index (κ2) is 6.31. The molecule has 0 heterocycles. The molecule has 0 bridgehead atoms. The summed E-state index contributed by atoms with van der Waals surface area (Å²) in [6, 6.07) is 14.2. The molecule has 0 atom stereocenters. The van der Waals surface area contributed by atoms with E-state index >= 15 is 0 Å². The molecule has 0 radical (unpaired) electrons. The molecule has 2 N–H and O–H groups in total. The van der Waals surface area contributed by atoms with Crippen molar-refractivity contribution in [3.8, 4) is 5.75 Å². The lowest BCUT2D eigenvalue weighted by Gasteiger charge is -2.25. The van der Waals surface area contributed by atoms with E-state index in [0.29, 0.717) is 11.6 Å². The van der Waals surface area contributed by atoms with Crippen molar-refractivity contribution in [3.05, 3.63) is 64.2 Å². The van der Waals surface area contributed by atoms with Gasteiger partial charge in [-0.1, -0.05) is 60.8 Å². The molecule has 3 heteroatoms. The van der Waals surface area contributed by atoms with Gasteiger partial charge in [0.05, 0.1) is 5.02 Å². The molecule has 0 aromatic heterocycles. The van der Waals surface area contributed by atoms with Crippen LogP contribution in [-0.4, -0.2) is 0 Å². The van der Waals surface area contributed by atoms with Crippen LogP contribution in [0.5, 0.6) is 5.75 Å². The molecule has 1 aliphatic rings. The summed E-state index contributed by atoms with van der Waals surface area (Å²) < 4.78 is 5.93. The Balaban J connectivity index is 1.81. The zero-order chi connectivity index (χ0) is 15.6. The minimum atomic E-state index is -0.216. The Labute approximate surface area is 137 Å². The fourth-order valence-electron chi connectivity index (χ4n) is 3.23. The van der Waals surface area contributed by atoms with E-state index in [4.69, 9.17) is 22.1 Å². The fraction of sp³-hybridized carbons (Fsp3) is 0.368. The van der Waals surface area contributed by atoms with Crippen molar-refractivity contribution in [1.29, 1.82) is 0 Å². The van der Waals surface area contributed by atoms with Crippen LogP contribution in [0.25, 0.3) is 0 Å². The van der Waals surface area contributed by atoms with Gasteiger partial charge >= 0.3 is 0 Å². The Morgan fingerprint density at radius 2 is 1.82 bits per heavy atom. The van der Waals surface area contributed by atoms with E-state index in [-0.39, 0.29) is 5.54 Å². The second-order valence-corrected chi connectivity index (χ2v) is 6.65. The molecule has 0 aliphatic heterocycles. The van der Waals surface area contributed by atoms with Crippen molar-refractivity contribution < 1.29 is 4.74 Å². The lowest BCUT2D eigenvalue weighted by atomic mass is 9.88.